The Bertz CT molecular complexity index is 655. The van der Waals surface area contributed by atoms with E-state index in [1.54, 1.807) is 25.4 Å². The molecule has 3 rings (SSSR count). The van der Waals surface area contributed by atoms with Crippen molar-refractivity contribution in [2.45, 2.75) is 32.4 Å². The van der Waals surface area contributed by atoms with Gasteiger partial charge in [0.1, 0.15) is 17.6 Å². The summed E-state index contributed by atoms with van der Waals surface area (Å²) < 4.78 is 5.75. The lowest BCUT2D eigenvalue weighted by Crippen LogP contribution is -2.37. The smallest absolute Gasteiger partial charge is 0.270 e. The molecule has 1 amide bonds. The highest BCUT2D eigenvalue weighted by molar-refractivity contribution is 5.92. The molecule has 1 N–H and O–H groups in total. The standard InChI is InChI=1S/C16H18N4O2/c1-10-8-14(19-11(2)18-10)16(21)20-13-5-7-22-15(13)12-4-3-6-17-9-12/h3-4,6,8-9,13,15H,5,7H2,1-2H3,(H,20,21)/t13-,15+/m0/s1. The third kappa shape index (κ3) is 3.12. The normalized spacial score (nSPS) is 20.8. The number of hydrogen-bond acceptors (Lipinski definition) is 5. The lowest BCUT2D eigenvalue weighted by atomic mass is 10.0. The van der Waals surface area contributed by atoms with E-state index >= 15 is 0 Å². The number of aromatic nitrogens is 3. The third-order valence-electron chi connectivity index (χ3n) is 3.62. The Hall–Kier alpha value is -2.34. The molecule has 1 aliphatic rings. The molecule has 0 aliphatic carbocycles. The van der Waals surface area contributed by atoms with Gasteiger partial charge >= 0.3 is 0 Å². The van der Waals surface area contributed by atoms with Crippen molar-refractivity contribution in [3.8, 4) is 0 Å². The minimum Gasteiger partial charge on any atom is -0.371 e. The molecule has 0 saturated carbocycles. The largest absolute Gasteiger partial charge is 0.371 e. The number of pyridine rings is 1. The first kappa shape index (κ1) is 14.6. The van der Waals surface area contributed by atoms with Crippen LogP contribution in [0.5, 0.6) is 0 Å². The van der Waals surface area contributed by atoms with Crippen LogP contribution in [0.15, 0.2) is 30.6 Å². The molecule has 22 heavy (non-hydrogen) atoms. The van der Waals surface area contributed by atoms with Gasteiger partial charge in [-0.05, 0) is 32.4 Å². The predicted molar refractivity (Wildman–Crippen MR) is 80.3 cm³/mol. The van der Waals surface area contributed by atoms with Crippen molar-refractivity contribution in [2.24, 2.45) is 0 Å². The molecular weight excluding hydrogens is 280 g/mol. The highest BCUT2D eigenvalue weighted by Gasteiger charge is 2.31. The van der Waals surface area contributed by atoms with E-state index in [9.17, 15) is 4.79 Å². The van der Waals surface area contributed by atoms with Gasteiger partial charge in [0.2, 0.25) is 0 Å². The van der Waals surface area contributed by atoms with Crippen LogP contribution in [-0.2, 0) is 4.74 Å². The average Bonchev–Trinajstić information content (AvgIpc) is 2.95. The molecule has 2 aromatic rings. The van der Waals surface area contributed by atoms with Gasteiger partial charge in [0, 0.05) is 30.3 Å². The minimum absolute atomic E-state index is 0.0766. The summed E-state index contributed by atoms with van der Waals surface area (Å²) in [5.74, 6) is 0.398. The van der Waals surface area contributed by atoms with E-state index in [2.05, 4.69) is 20.3 Å². The van der Waals surface area contributed by atoms with E-state index in [1.807, 2.05) is 19.1 Å². The van der Waals surface area contributed by atoms with Crippen LogP contribution < -0.4 is 5.32 Å². The first-order valence-corrected chi connectivity index (χ1v) is 7.28. The van der Waals surface area contributed by atoms with Gasteiger partial charge in [-0.3, -0.25) is 9.78 Å². The SMILES string of the molecule is Cc1cc(C(=O)N[C@H]2CCO[C@@H]2c2cccnc2)nc(C)n1. The zero-order valence-electron chi connectivity index (χ0n) is 12.6. The monoisotopic (exact) mass is 298 g/mol. The van der Waals surface area contributed by atoms with E-state index < -0.39 is 0 Å². The Morgan fingerprint density at radius 3 is 2.95 bits per heavy atom. The fraction of sp³-hybridized carbons (Fsp3) is 0.375. The van der Waals surface area contributed by atoms with E-state index in [0.29, 0.717) is 18.1 Å². The van der Waals surface area contributed by atoms with Crippen molar-refractivity contribution in [1.82, 2.24) is 20.3 Å². The number of carbonyl (C=O) groups excluding carboxylic acids is 1. The van der Waals surface area contributed by atoms with E-state index in [-0.39, 0.29) is 18.1 Å². The molecule has 2 aromatic heterocycles. The lowest BCUT2D eigenvalue weighted by Gasteiger charge is -2.19. The summed E-state index contributed by atoms with van der Waals surface area (Å²) in [6, 6.07) is 5.44. The Labute approximate surface area is 129 Å². The van der Waals surface area contributed by atoms with Gasteiger partial charge in [0.25, 0.3) is 5.91 Å². The molecule has 6 nitrogen and oxygen atoms in total. The Balaban J connectivity index is 1.75. The molecule has 0 spiro atoms. The van der Waals surface area contributed by atoms with Gasteiger partial charge in [-0.1, -0.05) is 6.07 Å². The molecule has 114 valence electrons. The number of aryl methyl sites for hydroxylation is 2. The number of rotatable bonds is 3. The van der Waals surface area contributed by atoms with Crippen molar-refractivity contribution in [2.75, 3.05) is 6.61 Å². The van der Waals surface area contributed by atoms with Crippen LogP contribution in [-0.4, -0.2) is 33.5 Å². The number of ether oxygens (including phenoxy) is 1. The van der Waals surface area contributed by atoms with Crippen LogP contribution in [0.4, 0.5) is 0 Å². The van der Waals surface area contributed by atoms with E-state index in [0.717, 1.165) is 17.7 Å². The van der Waals surface area contributed by atoms with Gasteiger partial charge in [-0.15, -0.1) is 0 Å². The zero-order valence-corrected chi connectivity index (χ0v) is 12.6. The minimum atomic E-state index is -0.196. The number of carbonyl (C=O) groups is 1. The van der Waals surface area contributed by atoms with Crippen molar-refractivity contribution in [3.05, 3.63) is 53.4 Å². The third-order valence-corrected chi connectivity index (χ3v) is 3.62. The van der Waals surface area contributed by atoms with Gasteiger partial charge < -0.3 is 10.1 Å². The molecule has 0 unspecified atom stereocenters. The molecule has 0 radical (unpaired) electrons. The predicted octanol–water partition coefficient (Wildman–Crippen LogP) is 1.75. The zero-order chi connectivity index (χ0) is 15.5. The molecule has 0 bridgehead atoms. The summed E-state index contributed by atoms with van der Waals surface area (Å²) in [7, 11) is 0. The highest BCUT2D eigenvalue weighted by atomic mass is 16.5. The summed E-state index contributed by atoms with van der Waals surface area (Å²) >= 11 is 0. The van der Waals surface area contributed by atoms with Crippen LogP contribution in [0, 0.1) is 13.8 Å². The van der Waals surface area contributed by atoms with Crippen molar-refractivity contribution < 1.29 is 9.53 Å². The second kappa shape index (κ2) is 6.19. The highest BCUT2D eigenvalue weighted by Crippen LogP contribution is 2.28. The van der Waals surface area contributed by atoms with Crippen molar-refractivity contribution in [1.29, 1.82) is 0 Å². The maximum Gasteiger partial charge on any atom is 0.270 e. The second-order valence-corrected chi connectivity index (χ2v) is 5.39. The molecule has 1 saturated heterocycles. The van der Waals surface area contributed by atoms with Crippen LogP contribution in [0.3, 0.4) is 0 Å². The molecular formula is C16H18N4O2. The Kier molecular flexibility index (Phi) is 4.11. The van der Waals surface area contributed by atoms with E-state index in [4.69, 9.17) is 4.74 Å². The summed E-state index contributed by atoms with van der Waals surface area (Å²) in [4.78, 5) is 24.9. The number of amides is 1. The molecule has 6 heteroatoms. The summed E-state index contributed by atoms with van der Waals surface area (Å²) in [5.41, 5.74) is 2.14. The second-order valence-electron chi connectivity index (χ2n) is 5.39. The quantitative estimate of drug-likeness (QED) is 0.934. The number of nitrogens with zero attached hydrogens (tertiary/aromatic N) is 3. The van der Waals surface area contributed by atoms with Crippen molar-refractivity contribution in [3.63, 3.8) is 0 Å². The van der Waals surface area contributed by atoms with Crippen LogP contribution in [0.25, 0.3) is 0 Å². The Morgan fingerprint density at radius 2 is 2.23 bits per heavy atom. The summed E-state index contributed by atoms with van der Waals surface area (Å²) in [5, 5.41) is 3.02. The summed E-state index contributed by atoms with van der Waals surface area (Å²) in [6.07, 6.45) is 4.10. The fourth-order valence-electron chi connectivity index (χ4n) is 2.69. The summed E-state index contributed by atoms with van der Waals surface area (Å²) in [6.45, 7) is 4.25. The number of nitrogens with one attached hydrogen (secondary N) is 1. The van der Waals surface area contributed by atoms with Gasteiger partial charge in [0.15, 0.2) is 0 Å². The maximum absolute atomic E-state index is 12.4. The van der Waals surface area contributed by atoms with Gasteiger partial charge in [0.05, 0.1) is 6.04 Å². The molecule has 1 aliphatic heterocycles. The molecule has 1 fully saturated rings. The van der Waals surface area contributed by atoms with Crippen LogP contribution >= 0.6 is 0 Å². The number of hydrogen-bond donors (Lipinski definition) is 1. The maximum atomic E-state index is 12.4. The van der Waals surface area contributed by atoms with Gasteiger partial charge in [-0.2, -0.15) is 0 Å². The van der Waals surface area contributed by atoms with Crippen LogP contribution in [0.2, 0.25) is 0 Å². The first-order valence-electron chi connectivity index (χ1n) is 7.28. The topological polar surface area (TPSA) is 77.0 Å². The van der Waals surface area contributed by atoms with E-state index in [1.165, 1.54) is 0 Å². The van der Waals surface area contributed by atoms with Crippen LogP contribution in [0.1, 0.15) is 40.1 Å². The lowest BCUT2D eigenvalue weighted by molar-refractivity contribution is 0.0816. The Morgan fingerprint density at radius 1 is 1.36 bits per heavy atom. The first-order chi connectivity index (χ1) is 10.6. The fourth-order valence-corrected chi connectivity index (χ4v) is 2.69. The molecule has 2 atom stereocenters. The molecule has 3 heterocycles. The average molecular weight is 298 g/mol. The molecule has 0 aromatic carbocycles. The van der Waals surface area contributed by atoms with Gasteiger partial charge in [-0.25, -0.2) is 9.97 Å². The van der Waals surface area contributed by atoms with Crippen molar-refractivity contribution >= 4 is 5.91 Å².